The molecule has 9 heteroatoms. The number of nitrogens with zero attached hydrogens (tertiary/aromatic N) is 4. The summed E-state index contributed by atoms with van der Waals surface area (Å²) in [4.78, 5) is 11.4. The zero-order valence-electron chi connectivity index (χ0n) is 18.0. The molecule has 0 radical (unpaired) electrons. The number of rotatable bonds is 8. The van der Waals surface area contributed by atoms with E-state index in [4.69, 9.17) is 4.74 Å². The van der Waals surface area contributed by atoms with Gasteiger partial charge in [0.2, 0.25) is 5.88 Å². The van der Waals surface area contributed by atoms with E-state index in [1.807, 2.05) is 0 Å². The molecule has 2 bridgehead atoms. The van der Waals surface area contributed by atoms with Crippen molar-refractivity contribution in [3.05, 3.63) is 29.5 Å². The van der Waals surface area contributed by atoms with Crippen LogP contribution in [0.15, 0.2) is 17.3 Å². The number of aryl methyl sites for hydroxylation is 3. The smallest absolute Gasteiger partial charge is 0.232 e. The Morgan fingerprint density at radius 1 is 1.17 bits per heavy atom. The van der Waals surface area contributed by atoms with Crippen molar-refractivity contribution in [2.45, 2.75) is 88.8 Å². The minimum Gasteiger partial charge on any atom is -0.473 e. The van der Waals surface area contributed by atoms with Gasteiger partial charge in [0, 0.05) is 12.1 Å². The van der Waals surface area contributed by atoms with Crippen LogP contribution in [0.4, 0.5) is 0 Å². The van der Waals surface area contributed by atoms with Crippen LogP contribution < -0.4 is 4.74 Å². The average molecular weight is 434 g/mol. The van der Waals surface area contributed by atoms with Crippen LogP contribution >= 0.6 is 0 Å². The summed E-state index contributed by atoms with van der Waals surface area (Å²) in [6, 6.07) is 0.431. The van der Waals surface area contributed by atoms with Gasteiger partial charge >= 0.3 is 0 Å². The summed E-state index contributed by atoms with van der Waals surface area (Å²) >= 11 is 0. The lowest BCUT2D eigenvalue weighted by Crippen LogP contribution is -2.48. The van der Waals surface area contributed by atoms with Crippen molar-refractivity contribution in [2.75, 3.05) is 5.88 Å². The molecule has 0 spiro atoms. The molecular formula is C21H31N5O3S. The molecule has 164 valence electrons. The molecule has 2 aromatic heterocycles. The predicted molar refractivity (Wildman–Crippen MR) is 113 cm³/mol. The normalized spacial score (nSPS) is 24.3. The number of aromatic nitrogens is 4. The Balaban J connectivity index is 1.39. The first kappa shape index (κ1) is 21.2. The fourth-order valence-electron chi connectivity index (χ4n) is 4.85. The van der Waals surface area contributed by atoms with Crippen LogP contribution in [0.1, 0.15) is 62.5 Å². The molecule has 4 rings (SSSR count). The second kappa shape index (κ2) is 8.63. The van der Waals surface area contributed by atoms with E-state index in [0.717, 1.165) is 50.6 Å². The number of hydrogen-bond donors (Lipinski definition) is 1. The predicted octanol–water partition coefficient (Wildman–Crippen LogP) is 2.96. The summed E-state index contributed by atoms with van der Waals surface area (Å²) in [5, 5.41) is 6.84. The van der Waals surface area contributed by atoms with Gasteiger partial charge in [0.1, 0.15) is 16.9 Å². The molecule has 3 atom stereocenters. The number of fused-ring (bicyclic) bond motifs is 2. The van der Waals surface area contributed by atoms with Gasteiger partial charge in [0.05, 0.1) is 29.5 Å². The zero-order valence-corrected chi connectivity index (χ0v) is 18.8. The van der Waals surface area contributed by atoms with Gasteiger partial charge in [-0.05, 0) is 52.4 Å². The molecule has 0 aliphatic carbocycles. The third-order valence-electron chi connectivity index (χ3n) is 6.29. The topological polar surface area (TPSA) is 101 Å². The Morgan fingerprint density at radius 2 is 1.90 bits per heavy atom. The first-order chi connectivity index (χ1) is 14.4. The number of piperidine rings is 1. The maximum absolute atomic E-state index is 13.1. The number of ether oxygens (including phenoxy) is 1. The number of sulfone groups is 1. The van der Waals surface area contributed by atoms with E-state index in [0.29, 0.717) is 22.2 Å². The Labute approximate surface area is 178 Å². The van der Waals surface area contributed by atoms with Crippen molar-refractivity contribution in [1.82, 2.24) is 25.1 Å². The first-order valence-electron chi connectivity index (χ1n) is 10.8. The Morgan fingerprint density at radius 3 is 2.47 bits per heavy atom. The summed E-state index contributed by atoms with van der Waals surface area (Å²) in [5.41, 5.74) is 2.15. The summed E-state index contributed by atoms with van der Waals surface area (Å²) in [6.07, 6.45) is 10.4. The van der Waals surface area contributed by atoms with E-state index in [1.165, 1.54) is 0 Å². The summed E-state index contributed by atoms with van der Waals surface area (Å²) < 4.78 is 32.2. The fourth-order valence-corrected chi connectivity index (χ4v) is 6.80. The zero-order chi connectivity index (χ0) is 21.3. The van der Waals surface area contributed by atoms with Gasteiger partial charge in [0.15, 0.2) is 9.84 Å². The number of aromatic amines is 1. The van der Waals surface area contributed by atoms with E-state index in [1.54, 1.807) is 26.2 Å². The monoisotopic (exact) mass is 433 g/mol. The quantitative estimate of drug-likeness (QED) is 0.683. The molecule has 8 nitrogen and oxygen atoms in total. The molecular weight excluding hydrogens is 402 g/mol. The first-order valence-corrected chi connectivity index (χ1v) is 12.5. The maximum atomic E-state index is 13.1. The molecule has 2 aliphatic heterocycles. The molecule has 2 saturated heterocycles. The fraction of sp³-hybridized carbons (Fsp3) is 0.667. The van der Waals surface area contributed by atoms with Crippen LogP contribution in [0.3, 0.4) is 0 Å². The minimum absolute atomic E-state index is 0.0438. The van der Waals surface area contributed by atoms with Gasteiger partial charge in [-0.15, -0.1) is 0 Å². The largest absolute Gasteiger partial charge is 0.473 e. The van der Waals surface area contributed by atoms with E-state index in [9.17, 15) is 8.42 Å². The molecule has 30 heavy (non-hydrogen) atoms. The van der Waals surface area contributed by atoms with Crippen LogP contribution in [0.25, 0.3) is 0 Å². The molecule has 0 saturated carbocycles. The average Bonchev–Trinajstić information content (AvgIpc) is 3.15. The Bertz CT molecular complexity index is 940. The highest BCUT2D eigenvalue weighted by atomic mass is 32.2. The second-order valence-corrected chi connectivity index (χ2v) is 10.5. The molecule has 0 unspecified atom stereocenters. The lowest BCUT2D eigenvalue weighted by Gasteiger charge is -2.38. The summed E-state index contributed by atoms with van der Waals surface area (Å²) in [5.74, 6) is 0.604. The second-order valence-electron chi connectivity index (χ2n) is 8.57. The van der Waals surface area contributed by atoms with Gasteiger partial charge in [-0.1, -0.05) is 13.3 Å². The van der Waals surface area contributed by atoms with E-state index in [2.05, 4.69) is 32.0 Å². The van der Waals surface area contributed by atoms with Crippen LogP contribution in [-0.4, -0.2) is 57.5 Å². The third kappa shape index (κ3) is 4.37. The minimum atomic E-state index is -3.42. The lowest BCUT2D eigenvalue weighted by molar-refractivity contribution is 0.0578. The highest BCUT2D eigenvalue weighted by molar-refractivity contribution is 7.91. The highest BCUT2D eigenvalue weighted by Gasteiger charge is 2.44. The lowest BCUT2D eigenvalue weighted by atomic mass is 10.0. The Kier molecular flexibility index (Phi) is 6.11. The summed E-state index contributed by atoms with van der Waals surface area (Å²) in [6.45, 7) is 5.66. The number of H-pyrrole nitrogens is 1. The standard InChI is InChI=1S/C21H31N5O3S/c1-4-5-6-16-11-23-20(12-22-16)29-19-9-17-7-8-18(10-19)26(17)13-30(27,28)21-14(2)24-25-15(21)3/h11-12,17-19H,4-10,13H2,1-3H3,(H,24,25)/t17-,18+,19-. The number of unbranched alkanes of at least 4 members (excludes halogenated alkanes) is 1. The van der Waals surface area contributed by atoms with Crippen molar-refractivity contribution in [3.63, 3.8) is 0 Å². The number of nitrogens with one attached hydrogen (secondary N) is 1. The van der Waals surface area contributed by atoms with Crippen LogP contribution in [-0.2, 0) is 16.3 Å². The van der Waals surface area contributed by atoms with E-state index >= 15 is 0 Å². The van der Waals surface area contributed by atoms with Crippen molar-refractivity contribution >= 4 is 9.84 Å². The molecule has 4 heterocycles. The van der Waals surface area contributed by atoms with Gasteiger partial charge in [-0.2, -0.15) is 5.10 Å². The Hall–Kier alpha value is -2.00. The molecule has 0 aromatic carbocycles. The van der Waals surface area contributed by atoms with Crippen molar-refractivity contribution in [1.29, 1.82) is 0 Å². The van der Waals surface area contributed by atoms with Crippen LogP contribution in [0.5, 0.6) is 5.88 Å². The third-order valence-corrected chi connectivity index (χ3v) is 8.15. The van der Waals surface area contributed by atoms with Gasteiger partial charge in [-0.3, -0.25) is 15.0 Å². The van der Waals surface area contributed by atoms with Gasteiger partial charge in [0.25, 0.3) is 0 Å². The molecule has 1 N–H and O–H groups in total. The van der Waals surface area contributed by atoms with E-state index < -0.39 is 9.84 Å². The van der Waals surface area contributed by atoms with Crippen molar-refractivity contribution < 1.29 is 13.2 Å². The molecule has 2 aromatic rings. The van der Waals surface area contributed by atoms with Crippen LogP contribution in [0.2, 0.25) is 0 Å². The van der Waals surface area contributed by atoms with E-state index in [-0.39, 0.29) is 24.1 Å². The SMILES string of the molecule is CCCCc1cnc(O[C@@H]2C[C@H]3CC[C@@H](C2)N3CS(=O)(=O)c2c(C)n[nH]c2C)cn1. The maximum Gasteiger partial charge on any atom is 0.232 e. The molecule has 2 aliphatic rings. The van der Waals surface area contributed by atoms with Crippen LogP contribution in [0, 0.1) is 13.8 Å². The molecule has 2 fully saturated rings. The molecule has 0 amide bonds. The van der Waals surface area contributed by atoms with Crippen molar-refractivity contribution in [2.24, 2.45) is 0 Å². The number of hydrogen-bond acceptors (Lipinski definition) is 7. The van der Waals surface area contributed by atoms with Crippen molar-refractivity contribution in [3.8, 4) is 5.88 Å². The summed E-state index contributed by atoms with van der Waals surface area (Å²) in [7, 11) is -3.42. The highest BCUT2D eigenvalue weighted by Crippen LogP contribution is 2.38. The van der Waals surface area contributed by atoms with Gasteiger partial charge < -0.3 is 4.74 Å². The van der Waals surface area contributed by atoms with Gasteiger partial charge in [-0.25, -0.2) is 13.4 Å².